The van der Waals surface area contributed by atoms with Gasteiger partial charge < -0.3 is 5.32 Å². The maximum Gasteiger partial charge on any atom is 0.247 e. The molecule has 0 fully saturated rings. The summed E-state index contributed by atoms with van der Waals surface area (Å²) in [5.74, 6) is 0.511. The van der Waals surface area contributed by atoms with Crippen molar-refractivity contribution in [2.75, 3.05) is 5.32 Å². The number of pyridine rings is 1. The predicted molar refractivity (Wildman–Crippen MR) is 99.5 cm³/mol. The molecule has 0 unspecified atom stereocenters. The highest BCUT2D eigenvalue weighted by Crippen LogP contribution is 2.26. The van der Waals surface area contributed by atoms with Crippen LogP contribution in [0.2, 0.25) is 0 Å². The number of amides is 1. The Balaban J connectivity index is 1.54. The minimum absolute atomic E-state index is 0.127. The highest BCUT2D eigenvalue weighted by atomic mass is 16.2. The zero-order valence-electron chi connectivity index (χ0n) is 14.5. The van der Waals surface area contributed by atoms with Gasteiger partial charge in [0.2, 0.25) is 5.91 Å². The van der Waals surface area contributed by atoms with Crippen LogP contribution in [-0.4, -0.2) is 30.5 Å². The molecule has 0 aliphatic heterocycles. The molecule has 0 atom stereocenters. The summed E-state index contributed by atoms with van der Waals surface area (Å²) in [6, 6.07) is 11.8. The van der Waals surface area contributed by atoms with Crippen molar-refractivity contribution in [1.82, 2.24) is 24.5 Å². The van der Waals surface area contributed by atoms with Crippen molar-refractivity contribution in [2.24, 2.45) is 7.05 Å². The maximum atomic E-state index is 12.3. The number of carbonyl (C=O) groups excluding carboxylic acids is 1. The summed E-state index contributed by atoms with van der Waals surface area (Å²) in [4.78, 5) is 16.7. The number of carbonyl (C=O) groups is 1. The lowest BCUT2D eigenvalue weighted by Gasteiger charge is -2.05. The third-order valence-corrected chi connectivity index (χ3v) is 4.15. The first-order chi connectivity index (χ1) is 12.6. The lowest BCUT2D eigenvalue weighted by Crippen LogP contribution is -2.20. The van der Waals surface area contributed by atoms with E-state index in [1.807, 2.05) is 49.5 Å². The second-order valence-corrected chi connectivity index (χ2v) is 6.15. The highest BCUT2D eigenvalue weighted by molar-refractivity contribution is 5.93. The fraction of sp³-hybridized carbons (Fsp3) is 0.158. The van der Waals surface area contributed by atoms with Gasteiger partial charge in [-0.25, -0.2) is 0 Å². The molecule has 7 heteroatoms. The number of rotatable bonds is 4. The number of nitrogens with one attached hydrogen (secondary N) is 1. The Morgan fingerprint density at radius 1 is 1.23 bits per heavy atom. The van der Waals surface area contributed by atoms with Crippen molar-refractivity contribution in [3.63, 3.8) is 0 Å². The van der Waals surface area contributed by atoms with Crippen LogP contribution in [-0.2, 0) is 18.4 Å². The Bertz CT molecular complexity index is 1090. The molecule has 1 aromatic carbocycles. The predicted octanol–water partition coefficient (Wildman–Crippen LogP) is 2.78. The Hall–Kier alpha value is -3.48. The van der Waals surface area contributed by atoms with Gasteiger partial charge in [-0.2, -0.15) is 10.2 Å². The van der Waals surface area contributed by atoms with Crippen molar-refractivity contribution in [3.8, 4) is 11.1 Å². The molecule has 3 aromatic heterocycles. The van der Waals surface area contributed by atoms with Crippen LogP contribution in [0, 0.1) is 6.92 Å². The van der Waals surface area contributed by atoms with Crippen LogP contribution in [0.4, 0.5) is 5.82 Å². The number of fused-ring (bicyclic) bond motifs is 1. The van der Waals surface area contributed by atoms with Crippen LogP contribution in [0.25, 0.3) is 22.0 Å². The Labute approximate surface area is 150 Å². The summed E-state index contributed by atoms with van der Waals surface area (Å²) < 4.78 is 3.26. The van der Waals surface area contributed by atoms with Gasteiger partial charge in [-0.1, -0.05) is 24.3 Å². The lowest BCUT2D eigenvalue weighted by molar-refractivity contribution is -0.116. The number of aromatic nitrogens is 5. The normalized spacial score (nSPS) is 11.0. The molecule has 0 radical (unpaired) electrons. The first-order valence-corrected chi connectivity index (χ1v) is 8.27. The van der Waals surface area contributed by atoms with Crippen molar-refractivity contribution in [2.45, 2.75) is 13.5 Å². The monoisotopic (exact) mass is 346 g/mol. The summed E-state index contributed by atoms with van der Waals surface area (Å²) in [5, 5.41) is 12.4. The standard InChI is InChI=1S/C19H18N6O/c1-13-9-17(24(2)23-13)22-18(26)12-25-11-15(10-21-25)16-7-3-5-14-6-4-8-20-19(14)16/h3-11H,12H2,1-2H3,(H,22,26). The first kappa shape index (κ1) is 16.0. The summed E-state index contributed by atoms with van der Waals surface area (Å²) in [7, 11) is 1.79. The third-order valence-electron chi connectivity index (χ3n) is 4.15. The van der Waals surface area contributed by atoms with Gasteiger partial charge in [-0.15, -0.1) is 0 Å². The molecule has 26 heavy (non-hydrogen) atoms. The molecule has 0 bridgehead atoms. The molecule has 0 saturated heterocycles. The zero-order valence-corrected chi connectivity index (χ0v) is 14.5. The Morgan fingerprint density at radius 2 is 2.08 bits per heavy atom. The van der Waals surface area contributed by atoms with Crippen LogP contribution in [0.1, 0.15) is 5.69 Å². The number of aryl methyl sites for hydroxylation is 2. The largest absolute Gasteiger partial charge is 0.309 e. The van der Waals surface area contributed by atoms with E-state index < -0.39 is 0 Å². The molecule has 1 N–H and O–H groups in total. The molecular weight excluding hydrogens is 328 g/mol. The molecule has 130 valence electrons. The molecule has 0 saturated carbocycles. The Morgan fingerprint density at radius 3 is 2.88 bits per heavy atom. The van der Waals surface area contributed by atoms with Crippen LogP contribution in [0.3, 0.4) is 0 Å². The van der Waals surface area contributed by atoms with Crippen LogP contribution < -0.4 is 5.32 Å². The number of anilines is 1. The van der Waals surface area contributed by atoms with Crippen molar-refractivity contribution in [1.29, 1.82) is 0 Å². The molecule has 4 aromatic rings. The van der Waals surface area contributed by atoms with E-state index in [0.717, 1.165) is 27.7 Å². The third kappa shape index (κ3) is 3.06. The minimum atomic E-state index is -0.154. The van der Waals surface area contributed by atoms with Gasteiger partial charge in [0.1, 0.15) is 12.4 Å². The zero-order chi connectivity index (χ0) is 18.1. The summed E-state index contributed by atoms with van der Waals surface area (Å²) in [5.41, 5.74) is 3.70. The number of benzene rings is 1. The quantitative estimate of drug-likeness (QED) is 0.616. The van der Waals surface area contributed by atoms with Crippen molar-refractivity contribution < 1.29 is 4.79 Å². The topological polar surface area (TPSA) is 77.6 Å². The molecular formula is C19H18N6O. The van der Waals surface area contributed by atoms with E-state index in [4.69, 9.17) is 0 Å². The molecule has 0 aliphatic carbocycles. The van der Waals surface area contributed by atoms with E-state index in [1.165, 1.54) is 0 Å². The Kier molecular flexibility index (Phi) is 3.96. The molecule has 1 amide bonds. The van der Waals surface area contributed by atoms with E-state index in [1.54, 1.807) is 28.8 Å². The molecule has 0 aliphatic rings. The number of para-hydroxylation sites is 1. The summed E-state index contributed by atoms with van der Waals surface area (Å²) >= 11 is 0. The fourth-order valence-corrected chi connectivity index (χ4v) is 2.98. The van der Waals surface area contributed by atoms with E-state index in [-0.39, 0.29) is 12.5 Å². The van der Waals surface area contributed by atoms with Gasteiger partial charge >= 0.3 is 0 Å². The summed E-state index contributed by atoms with van der Waals surface area (Å²) in [6.07, 6.45) is 5.39. The average Bonchev–Trinajstić information content (AvgIpc) is 3.20. The SMILES string of the molecule is Cc1cc(NC(=O)Cn2cc(-c3cccc4cccnc34)cn2)n(C)n1. The fourth-order valence-electron chi connectivity index (χ4n) is 2.98. The van der Waals surface area contributed by atoms with Gasteiger partial charge in [0, 0.05) is 42.0 Å². The highest BCUT2D eigenvalue weighted by Gasteiger charge is 2.11. The number of hydrogen-bond acceptors (Lipinski definition) is 4. The van der Waals surface area contributed by atoms with Gasteiger partial charge in [0.15, 0.2) is 0 Å². The summed E-state index contributed by atoms with van der Waals surface area (Å²) in [6.45, 7) is 2.01. The first-order valence-electron chi connectivity index (χ1n) is 8.27. The van der Waals surface area contributed by atoms with Crippen molar-refractivity contribution >= 4 is 22.6 Å². The molecule has 3 heterocycles. The minimum Gasteiger partial charge on any atom is -0.309 e. The number of hydrogen-bond donors (Lipinski definition) is 1. The van der Waals surface area contributed by atoms with Gasteiger partial charge in [-0.3, -0.25) is 19.1 Å². The van der Waals surface area contributed by atoms with Crippen molar-refractivity contribution in [3.05, 3.63) is 60.7 Å². The molecule has 0 spiro atoms. The smallest absolute Gasteiger partial charge is 0.247 e. The number of nitrogens with zero attached hydrogens (tertiary/aromatic N) is 5. The van der Waals surface area contributed by atoms with E-state index >= 15 is 0 Å². The van der Waals surface area contributed by atoms with Gasteiger partial charge in [-0.05, 0) is 13.0 Å². The van der Waals surface area contributed by atoms with Crippen LogP contribution in [0.15, 0.2) is 55.0 Å². The van der Waals surface area contributed by atoms with Crippen LogP contribution in [0.5, 0.6) is 0 Å². The van der Waals surface area contributed by atoms with Gasteiger partial charge in [0.05, 0.1) is 17.4 Å². The lowest BCUT2D eigenvalue weighted by atomic mass is 10.1. The molecule has 7 nitrogen and oxygen atoms in total. The van der Waals surface area contributed by atoms with E-state index in [2.05, 4.69) is 20.5 Å². The second kappa shape index (κ2) is 6.44. The maximum absolute atomic E-state index is 12.3. The van der Waals surface area contributed by atoms with E-state index in [0.29, 0.717) is 5.82 Å². The second-order valence-electron chi connectivity index (χ2n) is 6.15. The molecule has 4 rings (SSSR count). The van der Waals surface area contributed by atoms with Gasteiger partial charge in [0.25, 0.3) is 0 Å². The van der Waals surface area contributed by atoms with E-state index in [9.17, 15) is 4.79 Å². The average molecular weight is 346 g/mol. The van der Waals surface area contributed by atoms with Crippen LogP contribution >= 0.6 is 0 Å².